The van der Waals surface area contributed by atoms with Crippen LogP contribution < -0.4 is 15.4 Å². The molecule has 2 N–H and O–H groups in total. The number of carbonyl (C=O) groups excluding carboxylic acids is 2. The number of halogens is 1. The third kappa shape index (κ3) is 6.98. The molecule has 0 saturated carbocycles. The Morgan fingerprint density at radius 2 is 2.08 bits per heavy atom. The molecule has 1 aliphatic heterocycles. The van der Waals surface area contributed by atoms with Crippen molar-refractivity contribution in [1.29, 1.82) is 0 Å². The summed E-state index contributed by atoms with van der Waals surface area (Å²) in [7, 11) is 1.38. The zero-order valence-corrected chi connectivity index (χ0v) is 15.2. The van der Waals surface area contributed by atoms with Crippen LogP contribution in [0, 0.1) is 0 Å². The average molecular weight is 375 g/mol. The highest BCUT2D eigenvalue weighted by atomic mass is 35.5. The molecule has 0 radical (unpaired) electrons. The number of ether oxygens (including phenoxy) is 2. The van der Waals surface area contributed by atoms with Crippen molar-refractivity contribution in [3.05, 3.63) is 29.8 Å². The monoisotopic (exact) mass is 374 g/mol. The molecule has 8 heteroatoms. The Kier molecular flexibility index (Phi) is 9.59. The number of esters is 1. The van der Waals surface area contributed by atoms with Gasteiger partial charge in [0.2, 0.25) is 5.91 Å². The van der Waals surface area contributed by atoms with E-state index in [0.29, 0.717) is 26.0 Å². The molecular formula is C16H23ClN2O4S. The van der Waals surface area contributed by atoms with Gasteiger partial charge in [-0.2, -0.15) is 0 Å². The first-order valence-corrected chi connectivity index (χ1v) is 8.72. The Morgan fingerprint density at radius 1 is 1.33 bits per heavy atom. The molecule has 1 aliphatic rings. The molecule has 1 aromatic rings. The highest BCUT2D eigenvalue weighted by Gasteiger charge is 2.21. The van der Waals surface area contributed by atoms with Crippen molar-refractivity contribution < 1.29 is 19.1 Å². The fourth-order valence-corrected chi connectivity index (χ4v) is 3.03. The van der Waals surface area contributed by atoms with Gasteiger partial charge in [0.25, 0.3) is 0 Å². The third-order valence-corrected chi connectivity index (χ3v) is 4.38. The van der Waals surface area contributed by atoms with E-state index in [4.69, 9.17) is 4.74 Å². The number of amides is 1. The second kappa shape index (κ2) is 11.2. The number of rotatable bonds is 8. The summed E-state index contributed by atoms with van der Waals surface area (Å²) in [5.74, 6) is 2.22. The summed E-state index contributed by atoms with van der Waals surface area (Å²) >= 11 is 1.73. The summed E-state index contributed by atoms with van der Waals surface area (Å²) in [4.78, 5) is 22.9. The fourth-order valence-electron chi connectivity index (χ4n) is 2.09. The summed E-state index contributed by atoms with van der Waals surface area (Å²) in [6, 6.07) is 7.49. The molecule has 134 valence electrons. The number of nitrogens with one attached hydrogen (secondary N) is 2. The van der Waals surface area contributed by atoms with Crippen molar-refractivity contribution in [3.8, 4) is 5.75 Å². The van der Waals surface area contributed by atoms with E-state index in [1.54, 1.807) is 11.8 Å². The standard InChI is InChI=1S/C16H22N2O4S.ClH/c1-21-15(19)3-2-8-22-13-6-4-12(5-7-13)9-17-16(20)14-10-23-11-18-14;/h4-7,14,18H,2-3,8-11H2,1H3,(H,17,20);1H. The van der Waals surface area contributed by atoms with Gasteiger partial charge in [-0.3, -0.25) is 14.9 Å². The van der Waals surface area contributed by atoms with Gasteiger partial charge in [-0.15, -0.1) is 24.2 Å². The minimum Gasteiger partial charge on any atom is -0.494 e. The van der Waals surface area contributed by atoms with E-state index >= 15 is 0 Å². The van der Waals surface area contributed by atoms with Gasteiger partial charge in [0.1, 0.15) is 5.75 Å². The van der Waals surface area contributed by atoms with E-state index in [1.165, 1.54) is 7.11 Å². The lowest BCUT2D eigenvalue weighted by atomic mass is 10.2. The van der Waals surface area contributed by atoms with Crippen LogP contribution in [0.2, 0.25) is 0 Å². The molecule has 1 amide bonds. The fraction of sp³-hybridized carbons (Fsp3) is 0.500. The average Bonchev–Trinajstić information content (AvgIpc) is 3.12. The zero-order chi connectivity index (χ0) is 16.5. The Hall–Kier alpha value is -1.44. The molecular weight excluding hydrogens is 352 g/mol. The topological polar surface area (TPSA) is 76.7 Å². The van der Waals surface area contributed by atoms with E-state index in [9.17, 15) is 9.59 Å². The van der Waals surface area contributed by atoms with Crippen molar-refractivity contribution in [3.63, 3.8) is 0 Å². The minimum absolute atomic E-state index is 0. The summed E-state index contributed by atoms with van der Waals surface area (Å²) in [5.41, 5.74) is 1.02. The molecule has 1 heterocycles. The number of benzene rings is 1. The molecule has 1 saturated heterocycles. The van der Waals surface area contributed by atoms with Gasteiger partial charge in [-0.1, -0.05) is 12.1 Å². The van der Waals surface area contributed by atoms with Gasteiger partial charge in [0.15, 0.2) is 0 Å². The van der Waals surface area contributed by atoms with Gasteiger partial charge in [0, 0.05) is 24.6 Å². The summed E-state index contributed by atoms with van der Waals surface area (Å²) in [6.45, 7) is 0.973. The van der Waals surface area contributed by atoms with Crippen molar-refractivity contribution in [2.75, 3.05) is 25.3 Å². The molecule has 0 bridgehead atoms. The van der Waals surface area contributed by atoms with Crippen molar-refractivity contribution >= 4 is 36.0 Å². The van der Waals surface area contributed by atoms with Crippen molar-refractivity contribution in [1.82, 2.24) is 10.6 Å². The normalized spacial score (nSPS) is 16.1. The lowest BCUT2D eigenvalue weighted by molar-refractivity contribution is -0.140. The maximum Gasteiger partial charge on any atom is 0.305 e. The molecule has 1 fully saturated rings. The SMILES string of the molecule is COC(=O)CCCOc1ccc(CNC(=O)C2CSCN2)cc1.Cl. The molecule has 0 spiro atoms. The van der Waals surface area contributed by atoms with Crippen molar-refractivity contribution in [2.45, 2.75) is 25.4 Å². The molecule has 1 unspecified atom stereocenters. The lowest BCUT2D eigenvalue weighted by Gasteiger charge is -2.11. The molecule has 0 aliphatic carbocycles. The first kappa shape index (κ1) is 20.6. The number of thioether (sulfide) groups is 1. The van der Waals surface area contributed by atoms with E-state index in [0.717, 1.165) is 22.9 Å². The van der Waals surface area contributed by atoms with Crippen LogP contribution in [-0.2, 0) is 20.9 Å². The second-order valence-electron chi connectivity index (χ2n) is 5.16. The largest absolute Gasteiger partial charge is 0.494 e. The van der Waals surface area contributed by atoms with Gasteiger partial charge >= 0.3 is 5.97 Å². The minimum atomic E-state index is -0.227. The van der Waals surface area contributed by atoms with E-state index in [-0.39, 0.29) is 30.3 Å². The number of hydrogen-bond acceptors (Lipinski definition) is 6. The van der Waals surface area contributed by atoms with Gasteiger partial charge in [-0.25, -0.2) is 0 Å². The maximum absolute atomic E-state index is 11.9. The van der Waals surface area contributed by atoms with Crippen LogP contribution in [0.3, 0.4) is 0 Å². The van der Waals surface area contributed by atoms with Crippen LogP contribution in [0.25, 0.3) is 0 Å². The Bertz CT molecular complexity index is 521. The van der Waals surface area contributed by atoms with Crippen LogP contribution in [0.5, 0.6) is 5.75 Å². The van der Waals surface area contributed by atoms with E-state index in [1.807, 2.05) is 24.3 Å². The number of hydrogen-bond donors (Lipinski definition) is 2. The summed E-state index contributed by atoms with van der Waals surface area (Å²) in [5, 5.41) is 6.07. The lowest BCUT2D eigenvalue weighted by Crippen LogP contribution is -2.41. The Balaban J connectivity index is 0.00000288. The highest BCUT2D eigenvalue weighted by Crippen LogP contribution is 2.13. The first-order chi connectivity index (χ1) is 11.2. The van der Waals surface area contributed by atoms with Gasteiger partial charge in [0.05, 0.1) is 19.8 Å². The van der Waals surface area contributed by atoms with Crippen LogP contribution in [0.4, 0.5) is 0 Å². The van der Waals surface area contributed by atoms with Gasteiger partial charge in [-0.05, 0) is 24.1 Å². The third-order valence-electron chi connectivity index (χ3n) is 3.44. The zero-order valence-electron chi connectivity index (χ0n) is 13.6. The number of methoxy groups -OCH3 is 1. The molecule has 0 aromatic heterocycles. The van der Waals surface area contributed by atoms with Crippen LogP contribution in [-0.4, -0.2) is 43.3 Å². The summed E-state index contributed by atoms with van der Waals surface area (Å²) < 4.78 is 10.1. The van der Waals surface area contributed by atoms with Crippen LogP contribution in [0.15, 0.2) is 24.3 Å². The second-order valence-corrected chi connectivity index (χ2v) is 6.19. The van der Waals surface area contributed by atoms with Crippen LogP contribution >= 0.6 is 24.2 Å². The quantitative estimate of drug-likeness (QED) is 0.533. The maximum atomic E-state index is 11.9. The van der Waals surface area contributed by atoms with Crippen molar-refractivity contribution in [2.24, 2.45) is 0 Å². The molecule has 1 atom stereocenters. The molecule has 6 nitrogen and oxygen atoms in total. The van der Waals surface area contributed by atoms with Gasteiger partial charge < -0.3 is 14.8 Å². The Morgan fingerprint density at radius 3 is 2.71 bits per heavy atom. The smallest absolute Gasteiger partial charge is 0.305 e. The summed E-state index contributed by atoms with van der Waals surface area (Å²) in [6.07, 6.45) is 0.977. The van der Waals surface area contributed by atoms with Crippen LogP contribution in [0.1, 0.15) is 18.4 Å². The highest BCUT2D eigenvalue weighted by molar-refractivity contribution is 7.99. The first-order valence-electron chi connectivity index (χ1n) is 7.56. The molecule has 2 rings (SSSR count). The molecule has 24 heavy (non-hydrogen) atoms. The predicted octanol–water partition coefficient (Wildman–Crippen LogP) is 1.72. The van der Waals surface area contributed by atoms with E-state index < -0.39 is 0 Å². The predicted molar refractivity (Wildman–Crippen MR) is 96.5 cm³/mol. The van der Waals surface area contributed by atoms with E-state index in [2.05, 4.69) is 15.4 Å². The Labute approximate surface area is 152 Å². The molecule has 1 aromatic carbocycles. The number of carbonyl (C=O) groups is 2.